The van der Waals surface area contributed by atoms with Gasteiger partial charge in [0.05, 0.1) is 19.3 Å². The molecule has 4 heteroatoms. The number of nitrogens with zero attached hydrogens (tertiary/aromatic N) is 1. The number of hydrogen-bond acceptors (Lipinski definition) is 4. The lowest BCUT2D eigenvalue weighted by atomic mass is 9.96. The SMILES string of the molecule is COC1CCN(C(C)CC2COCCN2)C(C)C1. The van der Waals surface area contributed by atoms with Crippen LogP contribution in [0.3, 0.4) is 0 Å². The van der Waals surface area contributed by atoms with E-state index in [1.807, 2.05) is 7.11 Å². The lowest BCUT2D eigenvalue weighted by Crippen LogP contribution is -2.51. The van der Waals surface area contributed by atoms with Crippen molar-refractivity contribution < 1.29 is 9.47 Å². The minimum atomic E-state index is 0.458. The van der Waals surface area contributed by atoms with Crippen LogP contribution >= 0.6 is 0 Å². The lowest BCUT2D eigenvalue weighted by Gasteiger charge is -2.42. The average Bonchev–Trinajstić information content (AvgIpc) is 2.39. The molecular weight excluding hydrogens is 228 g/mol. The van der Waals surface area contributed by atoms with Crippen molar-refractivity contribution in [2.24, 2.45) is 0 Å². The minimum absolute atomic E-state index is 0.458. The molecule has 2 rings (SSSR count). The topological polar surface area (TPSA) is 33.7 Å². The maximum absolute atomic E-state index is 5.53. The summed E-state index contributed by atoms with van der Waals surface area (Å²) in [6, 6.07) is 1.78. The zero-order valence-corrected chi connectivity index (χ0v) is 12.0. The Bertz CT molecular complexity index is 244. The van der Waals surface area contributed by atoms with Gasteiger partial charge in [-0.25, -0.2) is 0 Å². The minimum Gasteiger partial charge on any atom is -0.381 e. The Labute approximate surface area is 111 Å². The molecule has 0 aromatic carbocycles. The molecule has 2 aliphatic heterocycles. The van der Waals surface area contributed by atoms with E-state index in [4.69, 9.17) is 9.47 Å². The van der Waals surface area contributed by atoms with Gasteiger partial charge in [-0.1, -0.05) is 0 Å². The molecule has 4 atom stereocenters. The van der Waals surface area contributed by atoms with Crippen LogP contribution in [0.5, 0.6) is 0 Å². The van der Waals surface area contributed by atoms with Crippen LogP contribution in [-0.4, -0.2) is 62.5 Å². The highest BCUT2D eigenvalue weighted by Gasteiger charge is 2.29. The predicted molar refractivity (Wildman–Crippen MR) is 72.9 cm³/mol. The molecule has 4 unspecified atom stereocenters. The molecule has 0 spiro atoms. The zero-order valence-electron chi connectivity index (χ0n) is 12.0. The van der Waals surface area contributed by atoms with E-state index in [1.54, 1.807) is 0 Å². The average molecular weight is 256 g/mol. The monoisotopic (exact) mass is 256 g/mol. The molecule has 0 saturated carbocycles. The number of piperidine rings is 1. The Hall–Kier alpha value is -0.160. The van der Waals surface area contributed by atoms with Crippen molar-refractivity contribution in [1.29, 1.82) is 0 Å². The number of ether oxygens (including phenoxy) is 2. The van der Waals surface area contributed by atoms with Gasteiger partial charge in [0.2, 0.25) is 0 Å². The molecule has 1 N–H and O–H groups in total. The molecule has 0 amide bonds. The second kappa shape index (κ2) is 6.85. The van der Waals surface area contributed by atoms with Gasteiger partial charge in [-0.2, -0.15) is 0 Å². The van der Waals surface area contributed by atoms with Crippen molar-refractivity contribution >= 4 is 0 Å². The highest BCUT2D eigenvalue weighted by atomic mass is 16.5. The molecule has 2 aliphatic rings. The van der Waals surface area contributed by atoms with Gasteiger partial charge in [0.15, 0.2) is 0 Å². The molecule has 2 fully saturated rings. The Balaban J connectivity index is 1.79. The Morgan fingerprint density at radius 3 is 2.94 bits per heavy atom. The summed E-state index contributed by atoms with van der Waals surface area (Å²) >= 11 is 0. The van der Waals surface area contributed by atoms with E-state index in [0.717, 1.165) is 32.7 Å². The number of likely N-dealkylation sites (tertiary alicyclic amines) is 1. The van der Waals surface area contributed by atoms with Gasteiger partial charge in [0, 0.05) is 38.3 Å². The Kier molecular flexibility index (Phi) is 5.42. The largest absolute Gasteiger partial charge is 0.381 e. The van der Waals surface area contributed by atoms with Crippen LogP contribution in [0.2, 0.25) is 0 Å². The summed E-state index contributed by atoms with van der Waals surface area (Å²) in [6.07, 6.45) is 3.97. The summed E-state index contributed by atoms with van der Waals surface area (Å²) in [7, 11) is 1.83. The first kappa shape index (κ1) is 14.3. The fourth-order valence-corrected chi connectivity index (χ4v) is 3.33. The van der Waals surface area contributed by atoms with E-state index in [-0.39, 0.29) is 0 Å². The second-order valence-corrected chi connectivity index (χ2v) is 5.78. The number of rotatable bonds is 4. The normalized spacial score (nSPS) is 36.5. The van der Waals surface area contributed by atoms with Gasteiger partial charge < -0.3 is 14.8 Å². The van der Waals surface area contributed by atoms with Gasteiger partial charge in [-0.3, -0.25) is 4.90 Å². The van der Waals surface area contributed by atoms with Crippen LogP contribution in [0.25, 0.3) is 0 Å². The third kappa shape index (κ3) is 3.67. The number of nitrogens with one attached hydrogen (secondary N) is 1. The van der Waals surface area contributed by atoms with Gasteiger partial charge in [0.25, 0.3) is 0 Å². The van der Waals surface area contributed by atoms with Gasteiger partial charge in [-0.05, 0) is 33.1 Å². The summed E-state index contributed by atoms with van der Waals surface area (Å²) < 4.78 is 11.0. The summed E-state index contributed by atoms with van der Waals surface area (Å²) in [5, 5.41) is 3.55. The highest BCUT2D eigenvalue weighted by Crippen LogP contribution is 2.23. The van der Waals surface area contributed by atoms with Crippen molar-refractivity contribution in [3.8, 4) is 0 Å². The summed E-state index contributed by atoms with van der Waals surface area (Å²) in [5.41, 5.74) is 0. The molecule has 106 valence electrons. The maximum Gasteiger partial charge on any atom is 0.0620 e. The molecule has 0 aromatic rings. The molecule has 4 nitrogen and oxygen atoms in total. The van der Waals surface area contributed by atoms with Crippen LogP contribution in [0.4, 0.5) is 0 Å². The molecule has 18 heavy (non-hydrogen) atoms. The lowest BCUT2D eigenvalue weighted by molar-refractivity contribution is -0.00631. The first-order chi connectivity index (χ1) is 8.70. The fourth-order valence-electron chi connectivity index (χ4n) is 3.33. The molecule has 0 aromatic heterocycles. The van der Waals surface area contributed by atoms with E-state index in [2.05, 4.69) is 24.1 Å². The maximum atomic E-state index is 5.53. The summed E-state index contributed by atoms with van der Waals surface area (Å²) in [5.74, 6) is 0. The van der Waals surface area contributed by atoms with Crippen LogP contribution in [0.1, 0.15) is 33.1 Å². The quantitative estimate of drug-likeness (QED) is 0.821. The predicted octanol–water partition coefficient (Wildman–Crippen LogP) is 1.25. The van der Waals surface area contributed by atoms with E-state index in [9.17, 15) is 0 Å². The van der Waals surface area contributed by atoms with E-state index in [0.29, 0.717) is 24.2 Å². The number of methoxy groups -OCH3 is 1. The number of morpholine rings is 1. The van der Waals surface area contributed by atoms with Crippen LogP contribution < -0.4 is 5.32 Å². The fraction of sp³-hybridized carbons (Fsp3) is 1.00. The molecule has 0 radical (unpaired) electrons. The van der Waals surface area contributed by atoms with Crippen LogP contribution in [0.15, 0.2) is 0 Å². The van der Waals surface area contributed by atoms with Crippen molar-refractivity contribution in [2.45, 2.75) is 57.3 Å². The molecular formula is C14H28N2O2. The van der Waals surface area contributed by atoms with E-state index >= 15 is 0 Å². The van der Waals surface area contributed by atoms with E-state index < -0.39 is 0 Å². The van der Waals surface area contributed by atoms with Crippen molar-refractivity contribution in [1.82, 2.24) is 10.2 Å². The first-order valence-corrected chi connectivity index (χ1v) is 7.30. The summed E-state index contributed by atoms with van der Waals surface area (Å²) in [4.78, 5) is 2.63. The van der Waals surface area contributed by atoms with Crippen molar-refractivity contribution in [3.63, 3.8) is 0 Å². The Morgan fingerprint density at radius 1 is 1.50 bits per heavy atom. The molecule has 2 saturated heterocycles. The van der Waals surface area contributed by atoms with Crippen molar-refractivity contribution in [3.05, 3.63) is 0 Å². The third-order valence-electron chi connectivity index (χ3n) is 4.40. The zero-order chi connectivity index (χ0) is 13.0. The molecule has 0 bridgehead atoms. The van der Waals surface area contributed by atoms with Gasteiger partial charge >= 0.3 is 0 Å². The van der Waals surface area contributed by atoms with Crippen molar-refractivity contribution in [2.75, 3.05) is 33.4 Å². The number of hydrogen-bond donors (Lipinski definition) is 1. The second-order valence-electron chi connectivity index (χ2n) is 5.78. The third-order valence-corrected chi connectivity index (χ3v) is 4.40. The van der Waals surface area contributed by atoms with E-state index in [1.165, 1.54) is 12.8 Å². The highest BCUT2D eigenvalue weighted by molar-refractivity contribution is 4.85. The van der Waals surface area contributed by atoms with Gasteiger partial charge in [-0.15, -0.1) is 0 Å². The molecule has 0 aliphatic carbocycles. The molecule has 2 heterocycles. The summed E-state index contributed by atoms with van der Waals surface area (Å²) in [6.45, 7) is 8.56. The van der Waals surface area contributed by atoms with Crippen LogP contribution in [-0.2, 0) is 9.47 Å². The standard InChI is InChI=1S/C14H28N2O2/c1-11(8-13-10-18-7-5-15-13)16-6-4-14(17-3)9-12(16)2/h11-15H,4-10H2,1-3H3. The first-order valence-electron chi connectivity index (χ1n) is 7.30. The Morgan fingerprint density at radius 2 is 2.33 bits per heavy atom. The van der Waals surface area contributed by atoms with Crippen LogP contribution in [0, 0.1) is 0 Å². The smallest absolute Gasteiger partial charge is 0.0620 e. The van der Waals surface area contributed by atoms with Gasteiger partial charge in [0.1, 0.15) is 0 Å².